The Morgan fingerprint density at radius 3 is 2.21 bits per heavy atom. The van der Waals surface area contributed by atoms with E-state index < -0.39 is 0 Å². The van der Waals surface area contributed by atoms with Gasteiger partial charge in [0.25, 0.3) is 5.91 Å². The number of likely N-dealkylation sites (N-methyl/N-ethyl adjacent to an activating group) is 1. The molecule has 5 heteroatoms. The zero-order chi connectivity index (χ0) is 21.1. The summed E-state index contributed by atoms with van der Waals surface area (Å²) < 4.78 is 1.19. The van der Waals surface area contributed by atoms with Gasteiger partial charge in [0.05, 0.1) is 17.3 Å². The number of carbonyl (C=O) groups is 1. The van der Waals surface area contributed by atoms with Crippen molar-refractivity contribution < 1.29 is 9.69 Å². The van der Waals surface area contributed by atoms with Gasteiger partial charge in [-0.2, -0.15) is 0 Å². The van der Waals surface area contributed by atoms with Crippen LogP contribution >= 0.6 is 11.3 Å². The van der Waals surface area contributed by atoms with E-state index in [4.69, 9.17) is 4.98 Å². The quantitative estimate of drug-likeness (QED) is 0.590. The van der Waals surface area contributed by atoms with Crippen LogP contribution in [0.2, 0.25) is 0 Å². The van der Waals surface area contributed by atoms with Crippen LogP contribution < -0.4 is 10.2 Å². The number of nitrogens with one attached hydrogen (secondary N) is 2. The monoisotopic (exact) mass is 410 g/mol. The molecule has 1 unspecified atom stereocenters. The molecule has 0 radical (unpaired) electrons. The molecule has 0 saturated carbocycles. The molecule has 0 aliphatic rings. The number of amides is 1. The molecule has 0 spiro atoms. The molecule has 0 aliphatic heterocycles. The van der Waals surface area contributed by atoms with Crippen LogP contribution in [-0.4, -0.2) is 24.5 Å². The van der Waals surface area contributed by atoms with E-state index in [1.807, 2.05) is 18.2 Å². The molecule has 1 heterocycles. The van der Waals surface area contributed by atoms with Crippen molar-refractivity contribution in [2.75, 3.05) is 18.9 Å². The standard InChI is InChI=1S/C24H31N3OS/c1-15(2)18-10-9-11-19(16(3)4)23(18)26-22(28)14-27(6)17(5)24-25-20-12-7-8-13-21(20)29-24/h7-13,15-17H,14H2,1-6H3,(H,26,28)/p+1/t17-/m1/s1. The maximum absolute atomic E-state index is 12.9. The van der Waals surface area contributed by atoms with Crippen LogP contribution in [0.1, 0.15) is 68.6 Å². The molecule has 2 atom stereocenters. The van der Waals surface area contributed by atoms with E-state index in [9.17, 15) is 4.79 Å². The van der Waals surface area contributed by atoms with E-state index in [2.05, 4.69) is 71.2 Å². The number of para-hydroxylation sites is 2. The van der Waals surface area contributed by atoms with Gasteiger partial charge in [-0.05, 0) is 42.0 Å². The van der Waals surface area contributed by atoms with Crippen LogP contribution in [0, 0.1) is 0 Å². The topological polar surface area (TPSA) is 46.4 Å². The summed E-state index contributed by atoms with van der Waals surface area (Å²) in [5, 5.41) is 4.30. The first kappa shape index (κ1) is 21.5. The molecular weight excluding hydrogens is 378 g/mol. The Kier molecular flexibility index (Phi) is 6.70. The molecule has 0 bridgehead atoms. The molecule has 2 N–H and O–H groups in total. The Morgan fingerprint density at radius 2 is 1.62 bits per heavy atom. The fourth-order valence-electron chi connectivity index (χ4n) is 3.57. The summed E-state index contributed by atoms with van der Waals surface area (Å²) >= 11 is 1.71. The Balaban J connectivity index is 1.75. The fourth-order valence-corrected chi connectivity index (χ4v) is 4.68. The minimum Gasteiger partial charge on any atom is -0.322 e. The summed E-state index contributed by atoms with van der Waals surface area (Å²) in [6.45, 7) is 11.2. The summed E-state index contributed by atoms with van der Waals surface area (Å²) in [6, 6.07) is 14.7. The van der Waals surface area contributed by atoms with Gasteiger partial charge in [-0.25, -0.2) is 4.98 Å². The van der Waals surface area contributed by atoms with Gasteiger partial charge in [0.1, 0.15) is 6.04 Å². The molecule has 0 fully saturated rings. The molecule has 4 nitrogen and oxygen atoms in total. The normalized spacial score (nSPS) is 13.8. The summed E-state index contributed by atoms with van der Waals surface area (Å²) in [5.41, 5.74) is 4.41. The molecule has 154 valence electrons. The number of aromatic nitrogens is 1. The molecule has 1 aromatic heterocycles. The van der Waals surface area contributed by atoms with Gasteiger partial charge in [0.2, 0.25) is 0 Å². The van der Waals surface area contributed by atoms with Crippen LogP contribution in [0.3, 0.4) is 0 Å². The third-order valence-electron chi connectivity index (χ3n) is 5.50. The van der Waals surface area contributed by atoms with Crippen molar-refractivity contribution in [2.45, 2.75) is 52.5 Å². The first-order valence-corrected chi connectivity index (χ1v) is 11.2. The van der Waals surface area contributed by atoms with E-state index >= 15 is 0 Å². The van der Waals surface area contributed by atoms with Crippen molar-refractivity contribution >= 4 is 33.1 Å². The second-order valence-corrected chi connectivity index (χ2v) is 9.50. The van der Waals surface area contributed by atoms with Gasteiger partial charge in [0.15, 0.2) is 11.6 Å². The van der Waals surface area contributed by atoms with E-state index in [1.165, 1.54) is 15.8 Å². The Bertz CT molecular complexity index is 933. The number of rotatable bonds is 7. The summed E-state index contributed by atoms with van der Waals surface area (Å²) in [7, 11) is 2.06. The summed E-state index contributed by atoms with van der Waals surface area (Å²) in [5.74, 6) is 0.761. The van der Waals surface area contributed by atoms with E-state index in [-0.39, 0.29) is 11.9 Å². The van der Waals surface area contributed by atoms with E-state index in [0.29, 0.717) is 18.4 Å². The SMILES string of the molecule is CC(C)c1cccc(C(C)C)c1NC(=O)C[NH+](C)[C@H](C)c1nc2ccccc2s1. The Labute approximate surface area is 178 Å². The van der Waals surface area contributed by atoms with Gasteiger partial charge < -0.3 is 10.2 Å². The second kappa shape index (κ2) is 9.06. The molecule has 1 amide bonds. The predicted molar refractivity (Wildman–Crippen MR) is 123 cm³/mol. The first-order chi connectivity index (χ1) is 13.8. The van der Waals surface area contributed by atoms with Crippen LogP contribution in [0.5, 0.6) is 0 Å². The maximum atomic E-state index is 12.9. The number of thiazole rings is 1. The summed E-state index contributed by atoms with van der Waals surface area (Å²) in [6.07, 6.45) is 0. The number of anilines is 1. The van der Waals surface area contributed by atoms with Crippen LogP contribution in [0.4, 0.5) is 5.69 Å². The summed E-state index contributed by atoms with van der Waals surface area (Å²) in [4.78, 5) is 18.8. The fraction of sp³-hybridized carbons (Fsp3) is 0.417. The lowest BCUT2D eigenvalue weighted by Crippen LogP contribution is -3.10. The van der Waals surface area contributed by atoms with E-state index in [0.717, 1.165) is 21.1 Å². The minimum absolute atomic E-state index is 0.0467. The lowest BCUT2D eigenvalue weighted by Gasteiger charge is -2.22. The Morgan fingerprint density at radius 1 is 1.00 bits per heavy atom. The lowest BCUT2D eigenvalue weighted by atomic mass is 9.92. The Hall–Kier alpha value is -2.24. The van der Waals surface area contributed by atoms with Gasteiger partial charge in [0, 0.05) is 5.69 Å². The highest BCUT2D eigenvalue weighted by atomic mass is 32.1. The number of hydrogen-bond donors (Lipinski definition) is 2. The zero-order valence-corrected chi connectivity index (χ0v) is 19.1. The highest BCUT2D eigenvalue weighted by Gasteiger charge is 2.23. The molecule has 29 heavy (non-hydrogen) atoms. The van der Waals surface area contributed by atoms with Gasteiger partial charge in [-0.3, -0.25) is 4.79 Å². The second-order valence-electron chi connectivity index (χ2n) is 8.43. The van der Waals surface area contributed by atoms with Crippen LogP contribution in [-0.2, 0) is 4.79 Å². The highest BCUT2D eigenvalue weighted by Crippen LogP contribution is 2.32. The minimum atomic E-state index is 0.0467. The van der Waals surface area contributed by atoms with Gasteiger partial charge in [-0.15, -0.1) is 11.3 Å². The molecule has 2 aromatic carbocycles. The molecule has 0 saturated heterocycles. The third-order valence-corrected chi connectivity index (χ3v) is 6.72. The lowest BCUT2D eigenvalue weighted by molar-refractivity contribution is -0.902. The van der Waals surface area contributed by atoms with E-state index in [1.54, 1.807) is 11.3 Å². The van der Waals surface area contributed by atoms with Gasteiger partial charge in [-0.1, -0.05) is 58.0 Å². The van der Waals surface area contributed by atoms with Crippen molar-refractivity contribution in [3.8, 4) is 0 Å². The number of carbonyl (C=O) groups excluding carboxylic acids is 1. The predicted octanol–water partition coefficient (Wildman–Crippen LogP) is 4.76. The van der Waals surface area contributed by atoms with Crippen molar-refractivity contribution in [1.29, 1.82) is 0 Å². The average molecular weight is 411 g/mol. The number of benzene rings is 2. The van der Waals surface area contributed by atoms with Crippen molar-refractivity contribution in [3.63, 3.8) is 0 Å². The number of fused-ring (bicyclic) bond motifs is 1. The number of nitrogens with zero attached hydrogens (tertiary/aromatic N) is 1. The van der Waals surface area contributed by atoms with Crippen LogP contribution in [0.25, 0.3) is 10.2 Å². The zero-order valence-electron chi connectivity index (χ0n) is 18.2. The molecule has 0 aliphatic carbocycles. The van der Waals surface area contributed by atoms with Crippen molar-refractivity contribution in [2.24, 2.45) is 0 Å². The smallest absolute Gasteiger partial charge is 0.279 e. The van der Waals surface area contributed by atoms with Crippen molar-refractivity contribution in [1.82, 2.24) is 4.98 Å². The first-order valence-electron chi connectivity index (χ1n) is 10.4. The average Bonchev–Trinajstić information content (AvgIpc) is 3.11. The molecular formula is C24H32N3OS+. The van der Waals surface area contributed by atoms with Crippen LogP contribution in [0.15, 0.2) is 42.5 Å². The molecule has 3 aromatic rings. The van der Waals surface area contributed by atoms with Gasteiger partial charge >= 0.3 is 0 Å². The third kappa shape index (κ3) is 4.85. The number of quaternary nitrogens is 1. The highest BCUT2D eigenvalue weighted by molar-refractivity contribution is 7.18. The van der Waals surface area contributed by atoms with Crippen molar-refractivity contribution in [3.05, 3.63) is 58.6 Å². The molecule has 3 rings (SSSR count). The maximum Gasteiger partial charge on any atom is 0.279 e. The largest absolute Gasteiger partial charge is 0.322 e. The number of hydrogen-bond acceptors (Lipinski definition) is 3.